The van der Waals surface area contributed by atoms with Gasteiger partial charge >= 0.3 is 0 Å². The van der Waals surface area contributed by atoms with Crippen LogP contribution in [0.5, 0.6) is 5.75 Å². The molecule has 3 aromatic rings. The molecule has 1 N–H and O–H groups in total. The van der Waals surface area contributed by atoms with Crippen molar-refractivity contribution in [3.05, 3.63) is 39.5 Å². The van der Waals surface area contributed by atoms with Gasteiger partial charge in [-0.05, 0) is 53.2 Å². The third-order valence-corrected chi connectivity index (χ3v) is 8.48. The number of hydrogen-bond acceptors (Lipinski definition) is 7. The van der Waals surface area contributed by atoms with Crippen LogP contribution in [0.15, 0.2) is 43.7 Å². The van der Waals surface area contributed by atoms with Crippen LogP contribution in [0.3, 0.4) is 0 Å². The van der Waals surface area contributed by atoms with Crippen LogP contribution in [0, 0.1) is 0 Å². The Hall–Kier alpha value is -1.95. The minimum atomic E-state index is -3.68. The molecule has 7 nitrogen and oxygen atoms in total. The number of carbonyl (C=O) groups excluding carboxylic acids is 1. The summed E-state index contributed by atoms with van der Waals surface area (Å²) >= 11 is 5.58. The van der Waals surface area contributed by atoms with Crippen LogP contribution in [0.2, 0.25) is 0 Å². The van der Waals surface area contributed by atoms with Gasteiger partial charge in [0.05, 0.1) is 15.2 Å². The number of benzene rings is 1. The van der Waals surface area contributed by atoms with E-state index >= 15 is 0 Å². The van der Waals surface area contributed by atoms with E-state index in [1.807, 2.05) is 12.1 Å². The van der Waals surface area contributed by atoms with Crippen LogP contribution >= 0.6 is 38.6 Å². The van der Waals surface area contributed by atoms with Gasteiger partial charge in [0.15, 0.2) is 11.2 Å². The Morgan fingerprint density at radius 3 is 2.79 bits per heavy atom. The molecule has 11 heteroatoms. The molecule has 146 valence electrons. The molecule has 0 saturated carbocycles. The zero-order chi connectivity index (χ0) is 20.1. The fraction of sp³-hybridized carbons (Fsp3) is 0.176. The van der Waals surface area contributed by atoms with Crippen molar-refractivity contribution in [2.24, 2.45) is 0 Å². The van der Waals surface area contributed by atoms with E-state index in [1.165, 1.54) is 17.4 Å². The molecule has 0 aliphatic carbocycles. The van der Waals surface area contributed by atoms with Gasteiger partial charge in [0.25, 0.3) is 15.9 Å². The van der Waals surface area contributed by atoms with Gasteiger partial charge in [-0.3, -0.25) is 9.52 Å². The Labute approximate surface area is 178 Å². The maximum atomic E-state index is 12.4. The Kier molecular flexibility index (Phi) is 4.94. The number of sulfonamides is 1. The molecule has 3 heterocycles. The largest absolute Gasteiger partial charge is 0.479 e. The number of fused-ring (bicyclic) bond motifs is 1. The molecule has 1 aliphatic rings. The van der Waals surface area contributed by atoms with E-state index in [1.54, 1.807) is 36.4 Å². The SMILES string of the molecule is CC1Oc2ccc(-c3csc(NS(=O)(=O)c4ccc(Br)s4)n3)cc2N(C)C1=O. The van der Waals surface area contributed by atoms with Crippen molar-refractivity contribution in [1.82, 2.24) is 4.98 Å². The number of nitrogens with zero attached hydrogens (tertiary/aromatic N) is 2. The van der Waals surface area contributed by atoms with E-state index in [4.69, 9.17) is 4.74 Å². The van der Waals surface area contributed by atoms with E-state index in [9.17, 15) is 13.2 Å². The third-order valence-electron chi connectivity index (χ3n) is 4.14. The van der Waals surface area contributed by atoms with Gasteiger partial charge in [0.2, 0.25) is 0 Å². The Balaban J connectivity index is 1.61. The Morgan fingerprint density at radius 1 is 1.29 bits per heavy atom. The summed E-state index contributed by atoms with van der Waals surface area (Å²) in [7, 11) is -1.99. The Bertz CT molecular complexity index is 1170. The van der Waals surface area contributed by atoms with Gasteiger partial charge in [-0.2, -0.15) is 0 Å². The zero-order valence-electron chi connectivity index (χ0n) is 14.7. The topological polar surface area (TPSA) is 88.6 Å². The van der Waals surface area contributed by atoms with Crippen LogP contribution in [-0.2, 0) is 14.8 Å². The first-order valence-electron chi connectivity index (χ1n) is 8.07. The van der Waals surface area contributed by atoms with Gasteiger partial charge in [0.1, 0.15) is 9.96 Å². The fourth-order valence-electron chi connectivity index (χ4n) is 2.73. The summed E-state index contributed by atoms with van der Waals surface area (Å²) in [6.07, 6.45) is -0.527. The summed E-state index contributed by atoms with van der Waals surface area (Å²) in [5.74, 6) is 0.497. The van der Waals surface area contributed by atoms with Crippen LogP contribution in [0.4, 0.5) is 10.8 Å². The lowest BCUT2D eigenvalue weighted by Gasteiger charge is -2.30. The second-order valence-corrected chi connectivity index (χ2v) is 11.3. The third kappa shape index (κ3) is 3.54. The molecule has 1 aliphatic heterocycles. The van der Waals surface area contributed by atoms with E-state index < -0.39 is 16.1 Å². The van der Waals surface area contributed by atoms with Crippen molar-refractivity contribution >= 4 is 65.4 Å². The molecule has 0 spiro atoms. The summed E-state index contributed by atoms with van der Waals surface area (Å²) < 4.78 is 34.0. The highest BCUT2D eigenvalue weighted by molar-refractivity contribution is 9.11. The second kappa shape index (κ2) is 7.14. The molecule has 2 aromatic heterocycles. The predicted octanol–water partition coefficient (Wildman–Crippen LogP) is 4.18. The first-order valence-corrected chi connectivity index (χ1v) is 12.0. The first kappa shape index (κ1) is 19.4. The number of amides is 1. The number of anilines is 2. The molecular weight excluding hydrogens is 486 g/mol. The number of hydrogen-bond donors (Lipinski definition) is 1. The number of nitrogens with one attached hydrogen (secondary N) is 1. The molecule has 1 unspecified atom stereocenters. The highest BCUT2D eigenvalue weighted by atomic mass is 79.9. The average Bonchev–Trinajstić information content (AvgIpc) is 3.29. The van der Waals surface area contributed by atoms with Crippen LogP contribution in [0.1, 0.15) is 6.92 Å². The summed E-state index contributed by atoms with van der Waals surface area (Å²) in [6, 6.07) is 8.64. The fourth-order valence-corrected chi connectivity index (χ4v) is 6.71. The number of likely N-dealkylation sites (N-methyl/N-ethyl adjacent to an activating group) is 1. The molecule has 1 amide bonds. The highest BCUT2D eigenvalue weighted by Crippen LogP contribution is 2.37. The summed E-state index contributed by atoms with van der Waals surface area (Å²) in [5, 5.41) is 2.03. The number of rotatable bonds is 4. The Morgan fingerprint density at radius 2 is 2.07 bits per heavy atom. The lowest BCUT2D eigenvalue weighted by Crippen LogP contribution is -2.41. The molecule has 0 bridgehead atoms. The van der Waals surface area contributed by atoms with Crippen molar-refractivity contribution in [3.63, 3.8) is 0 Å². The van der Waals surface area contributed by atoms with Gasteiger partial charge < -0.3 is 9.64 Å². The summed E-state index contributed by atoms with van der Waals surface area (Å²) in [6.45, 7) is 1.71. The number of thiophene rings is 1. The minimum Gasteiger partial charge on any atom is -0.479 e. The maximum Gasteiger partial charge on any atom is 0.273 e. The van der Waals surface area contributed by atoms with Crippen molar-refractivity contribution in [2.75, 3.05) is 16.7 Å². The van der Waals surface area contributed by atoms with E-state index in [2.05, 4.69) is 25.6 Å². The minimum absolute atomic E-state index is 0.126. The maximum absolute atomic E-state index is 12.4. The molecule has 0 fully saturated rings. The molecule has 0 radical (unpaired) electrons. The molecular formula is C17H14BrN3O4S3. The highest BCUT2D eigenvalue weighted by Gasteiger charge is 2.29. The number of thiazole rings is 1. The standard InChI is InChI=1S/C17H14BrN3O4S3/c1-9-16(22)21(2)12-7-10(3-4-13(12)25-9)11-8-26-17(19-11)20-28(23,24)15-6-5-14(18)27-15/h3-9H,1-2H3,(H,19,20). The van der Waals surface area contributed by atoms with Gasteiger partial charge in [-0.25, -0.2) is 13.4 Å². The molecule has 28 heavy (non-hydrogen) atoms. The van der Waals surface area contributed by atoms with Crippen molar-refractivity contribution in [3.8, 4) is 17.0 Å². The number of halogens is 1. The lowest BCUT2D eigenvalue weighted by atomic mass is 10.1. The van der Waals surface area contributed by atoms with Crippen LogP contribution in [-0.4, -0.2) is 32.5 Å². The second-order valence-electron chi connectivity index (χ2n) is 6.04. The quantitative estimate of drug-likeness (QED) is 0.581. The monoisotopic (exact) mass is 499 g/mol. The van der Waals surface area contributed by atoms with Crippen LogP contribution in [0.25, 0.3) is 11.3 Å². The molecule has 1 atom stereocenters. The number of ether oxygens (including phenoxy) is 1. The van der Waals surface area contributed by atoms with E-state index in [-0.39, 0.29) is 15.2 Å². The van der Waals surface area contributed by atoms with Crippen molar-refractivity contribution in [1.29, 1.82) is 0 Å². The first-order chi connectivity index (χ1) is 13.2. The lowest BCUT2D eigenvalue weighted by molar-refractivity contribution is -0.125. The zero-order valence-corrected chi connectivity index (χ0v) is 18.7. The number of carbonyl (C=O) groups is 1. The predicted molar refractivity (Wildman–Crippen MR) is 114 cm³/mol. The summed E-state index contributed by atoms with van der Waals surface area (Å²) in [5.41, 5.74) is 2.02. The molecule has 1 aromatic carbocycles. The van der Waals surface area contributed by atoms with Crippen LogP contribution < -0.4 is 14.4 Å². The van der Waals surface area contributed by atoms with Crippen molar-refractivity contribution < 1.29 is 17.9 Å². The normalized spacial score (nSPS) is 16.6. The van der Waals surface area contributed by atoms with Gasteiger partial charge in [0, 0.05) is 18.0 Å². The van der Waals surface area contributed by atoms with Crippen molar-refractivity contribution in [2.45, 2.75) is 17.2 Å². The van der Waals surface area contributed by atoms with Gasteiger partial charge in [-0.1, -0.05) is 0 Å². The molecule has 4 rings (SSSR count). The van der Waals surface area contributed by atoms with E-state index in [0.717, 1.165) is 20.7 Å². The number of aromatic nitrogens is 1. The van der Waals surface area contributed by atoms with Gasteiger partial charge in [-0.15, -0.1) is 22.7 Å². The molecule has 0 saturated heterocycles. The smallest absolute Gasteiger partial charge is 0.273 e. The van der Waals surface area contributed by atoms with E-state index in [0.29, 0.717) is 17.1 Å². The average molecular weight is 500 g/mol. The summed E-state index contributed by atoms with van der Waals surface area (Å²) in [4.78, 5) is 18.1.